The van der Waals surface area contributed by atoms with E-state index >= 15 is 0 Å². The van der Waals surface area contributed by atoms with Crippen molar-refractivity contribution in [2.24, 2.45) is 0 Å². The Labute approximate surface area is 233 Å². The third-order valence-electron chi connectivity index (χ3n) is 8.23. The molecule has 8 aromatic carbocycles. The molecule has 0 nitrogen and oxygen atoms in total. The van der Waals surface area contributed by atoms with Crippen molar-refractivity contribution in [2.75, 3.05) is 0 Å². The Balaban J connectivity index is 1.43. The molecule has 0 heteroatoms. The van der Waals surface area contributed by atoms with Gasteiger partial charge in [0.2, 0.25) is 0 Å². The molecular formula is C40H26. The van der Waals surface area contributed by atoms with E-state index < -0.39 is 0 Å². The quantitative estimate of drug-likeness (QED) is 0.165. The van der Waals surface area contributed by atoms with Crippen molar-refractivity contribution >= 4 is 43.1 Å². The predicted molar refractivity (Wildman–Crippen MR) is 173 cm³/mol. The number of hydrogen-bond acceptors (Lipinski definition) is 0. The van der Waals surface area contributed by atoms with Gasteiger partial charge in [-0.15, -0.1) is 0 Å². The lowest BCUT2D eigenvalue weighted by Crippen LogP contribution is -1.91. The monoisotopic (exact) mass is 506 g/mol. The van der Waals surface area contributed by atoms with Gasteiger partial charge in [0.25, 0.3) is 0 Å². The van der Waals surface area contributed by atoms with E-state index in [0.717, 1.165) is 0 Å². The van der Waals surface area contributed by atoms with Crippen molar-refractivity contribution in [3.63, 3.8) is 0 Å². The SMILES string of the molecule is c1ccc(-c2c3ccccc3c(-c3cccc(-c4cccc5ccc6ccccc6c45)c3)c3ccccc23)cc1. The van der Waals surface area contributed by atoms with Gasteiger partial charge in [-0.05, 0) is 82.5 Å². The second-order valence-corrected chi connectivity index (χ2v) is 10.5. The first-order valence-corrected chi connectivity index (χ1v) is 13.9. The molecule has 0 heterocycles. The number of hydrogen-bond donors (Lipinski definition) is 0. The van der Waals surface area contributed by atoms with E-state index in [0.29, 0.717) is 0 Å². The normalized spacial score (nSPS) is 11.5. The second kappa shape index (κ2) is 9.22. The van der Waals surface area contributed by atoms with Gasteiger partial charge in [0, 0.05) is 0 Å². The lowest BCUT2D eigenvalue weighted by Gasteiger charge is -2.18. The van der Waals surface area contributed by atoms with Crippen LogP contribution in [-0.2, 0) is 0 Å². The summed E-state index contributed by atoms with van der Waals surface area (Å²) < 4.78 is 0. The lowest BCUT2D eigenvalue weighted by atomic mass is 9.85. The van der Waals surface area contributed by atoms with Gasteiger partial charge in [-0.1, -0.05) is 152 Å². The van der Waals surface area contributed by atoms with Crippen LogP contribution in [0.5, 0.6) is 0 Å². The highest BCUT2D eigenvalue weighted by Gasteiger charge is 2.17. The van der Waals surface area contributed by atoms with Crippen molar-refractivity contribution in [2.45, 2.75) is 0 Å². The summed E-state index contributed by atoms with van der Waals surface area (Å²) in [4.78, 5) is 0. The van der Waals surface area contributed by atoms with Crippen LogP contribution in [0, 0.1) is 0 Å². The van der Waals surface area contributed by atoms with Crippen LogP contribution in [0.4, 0.5) is 0 Å². The van der Waals surface area contributed by atoms with E-state index in [2.05, 4.69) is 158 Å². The number of fused-ring (bicyclic) bond motifs is 5. The van der Waals surface area contributed by atoms with E-state index in [4.69, 9.17) is 0 Å². The highest BCUT2D eigenvalue weighted by Crippen LogP contribution is 2.44. The fourth-order valence-corrected chi connectivity index (χ4v) is 6.50. The summed E-state index contributed by atoms with van der Waals surface area (Å²) in [6, 6.07) is 57.5. The summed E-state index contributed by atoms with van der Waals surface area (Å²) in [5.74, 6) is 0. The first-order valence-electron chi connectivity index (χ1n) is 13.9. The van der Waals surface area contributed by atoms with Crippen molar-refractivity contribution in [1.82, 2.24) is 0 Å². The molecule has 8 rings (SSSR count). The number of benzene rings is 8. The summed E-state index contributed by atoms with van der Waals surface area (Å²) >= 11 is 0. The van der Waals surface area contributed by atoms with Crippen LogP contribution in [0.15, 0.2) is 158 Å². The van der Waals surface area contributed by atoms with Crippen LogP contribution < -0.4 is 0 Å². The van der Waals surface area contributed by atoms with Gasteiger partial charge in [-0.25, -0.2) is 0 Å². The molecule has 0 aliphatic heterocycles. The zero-order valence-corrected chi connectivity index (χ0v) is 22.0. The minimum Gasteiger partial charge on any atom is -0.0622 e. The third kappa shape index (κ3) is 3.54. The molecule has 0 spiro atoms. The van der Waals surface area contributed by atoms with E-state index in [1.54, 1.807) is 0 Å². The molecule has 0 fully saturated rings. The van der Waals surface area contributed by atoms with E-state index in [-0.39, 0.29) is 0 Å². The van der Waals surface area contributed by atoms with Gasteiger partial charge in [0.1, 0.15) is 0 Å². The second-order valence-electron chi connectivity index (χ2n) is 10.5. The summed E-state index contributed by atoms with van der Waals surface area (Å²) in [6.07, 6.45) is 0. The van der Waals surface area contributed by atoms with Crippen molar-refractivity contribution < 1.29 is 0 Å². The molecule has 8 aromatic rings. The van der Waals surface area contributed by atoms with Gasteiger partial charge in [-0.3, -0.25) is 0 Å². The van der Waals surface area contributed by atoms with Crippen molar-refractivity contribution in [3.05, 3.63) is 158 Å². The van der Waals surface area contributed by atoms with Gasteiger partial charge >= 0.3 is 0 Å². The molecule has 0 atom stereocenters. The topological polar surface area (TPSA) is 0 Å². The van der Waals surface area contributed by atoms with Crippen molar-refractivity contribution in [1.29, 1.82) is 0 Å². The summed E-state index contributed by atoms with van der Waals surface area (Å²) in [5.41, 5.74) is 7.58. The maximum absolute atomic E-state index is 2.38. The Hall–Kier alpha value is -5.20. The molecule has 0 unspecified atom stereocenters. The Morgan fingerprint density at radius 2 is 0.750 bits per heavy atom. The Kier molecular flexibility index (Phi) is 5.24. The van der Waals surface area contributed by atoms with Gasteiger partial charge < -0.3 is 0 Å². The third-order valence-corrected chi connectivity index (χ3v) is 8.23. The summed E-state index contributed by atoms with van der Waals surface area (Å²) in [5, 5.41) is 10.3. The van der Waals surface area contributed by atoms with Crippen molar-refractivity contribution in [3.8, 4) is 33.4 Å². The molecule has 186 valence electrons. The van der Waals surface area contributed by atoms with Crippen LogP contribution in [-0.4, -0.2) is 0 Å². The minimum atomic E-state index is 1.24. The molecular weight excluding hydrogens is 480 g/mol. The highest BCUT2D eigenvalue weighted by molar-refractivity contribution is 6.21. The van der Waals surface area contributed by atoms with E-state index in [1.807, 2.05) is 0 Å². The van der Waals surface area contributed by atoms with Crippen LogP contribution in [0.1, 0.15) is 0 Å². The highest BCUT2D eigenvalue weighted by atomic mass is 14.2. The standard InChI is InChI=1S/C40H26/c1-2-13-28(14-3-1)39-34-19-6-8-21-36(34)40(37-22-9-7-20-35(37)39)31-17-10-16-30(26-31)33-23-11-15-29-25-24-27-12-4-5-18-32(27)38(29)33/h1-26H. The average Bonchev–Trinajstić information content (AvgIpc) is 3.03. The molecule has 0 amide bonds. The minimum absolute atomic E-state index is 1.24. The molecule has 0 aromatic heterocycles. The molecule has 0 aliphatic rings. The predicted octanol–water partition coefficient (Wildman–Crippen LogP) is 11.3. The first-order chi connectivity index (χ1) is 19.9. The number of rotatable bonds is 3. The maximum Gasteiger partial charge on any atom is -0.00262 e. The van der Waals surface area contributed by atoms with Crippen LogP contribution in [0.3, 0.4) is 0 Å². The largest absolute Gasteiger partial charge is 0.0622 e. The maximum atomic E-state index is 2.38. The summed E-state index contributed by atoms with van der Waals surface area (Å²) in [7, 11) is 0. The summed E-state index contributed by atoms with van der Waals surface area (Å²) in [6.45, 7) is 0. The zero-order valence-electron chi connectivity index (χ0n) is 22.0. The van der Waals surface area contributed by atoms with Crippen LogP contribution in [0.2, 0.25) is 0 Å². The Bertz CT molecular complexity index is 2150. The van der Waals surface area contributed by atoms with E-state index in [1.165, 1.54) is 76.5 Å². The van der Waals surface area contributed by atoms with Crippen LogP contribution in [0.25, 0.3) is 76.5 Å². The van der Waals surface area contributed by atoms with Gasteiger partial charge in [0.05, 0.1) is 0 Å². The first kappa shape index (κ1) is 22.8. The zero-order chi connectivity index (χ0) is 26.5. The molecule has 0 saturated carbocycles. The fraction of sp³-hybridized carbons (Fsp3) is 0. The lowest BCUT2D eigenvalue weighted by molar-refractivity contribution is 1.63. The van der Waals surface area contributed by atoms with Gasteiger partial charge in [-0.2, -0.15) is 0 Å². The van der Waals surface area contributed by atoms with Gasteiger partial charge in [0.15, 0.2) is 0 Å². The van der Waals surface area contributed by atoms with E-state index in [9.17, 15) is 0 Å². The van der Waals surface area contributed by atoms with Crippen LogP contribution >= 0.6 is 0 Å². The fourth-order valence-electron chi connectivity index (χ4n) is 6.50. The molecule has 0 N–H and O–H groups in total. The Morgan fingerprint density at radius 1 is 0.275 bits per heavy atom. The smallest absolute Gasteiger partial charge is 0.00262 e. The molecule has 0 bridgehead atoms. The average molecular weight is 507 g/mol. The Morgan fingerprint density at radius 3 is 1.45 bits per heavy atom. The molecule has 40 heavy (non-hydrogen) atoms. The molecule has 0 aliphatic carbocycles. The molecule has 0 saturated heterocycles. The molecule has 0 radical (unpaired) electrons.